The van der Waals surface area contributed by atoms with Gasteiger partial charge < -0.3 is 15.2 Å². The van der Waals surface area contributed by atoms with Crippen molar-refractivity contribution in [1.82, 2.24) is 4.31 Å². The lowest BCUT2D eigenvalue weighted by molar-refractivity contribution is -0.385. The van der Waals surface area contributed by atoms with E-state index in [2.05, 4.69) is 5.32 Å². The number of aliphatic carboxylic acids is 1. The Bertz CT molecular complexity index is 788. The molecular weight excluding hydrogens is 366 g/mol. The van der Waals surface area contributed by atoms with Gasteiger partial charge in [0.1, 0.15) is 10.9 Å². The molecule has 1 aromatic carbocycles. The summed E-state index contributed by atoms with van der Waals surface area (Å²) in [6, 6.07) is 2.27. The number of carboxylic acid groups (broad SMARTS) is 1. The topological polar surface area (TPSA) is 139 Å². The summed E-state index contributed by atoms with van der Waals surface area (Å²) in [7, 11) is -4.05. The van der Waals surface area contributed by atoms with Crippen molar-refractivity contribution in [1.29, 1.82) is 0 Å². The van der Waals surface area contributed by atoms with Crippen LogP contribution >= 0.6 is 0 Å². The van der Waals surface area contributed by atoms with Gasteiger partial charge in [0.05, 0.1) is 23.8 Å². The summed E-state index contributed by atoms with van der Waals surface area (Å²) in [5.74, 6) is -1.48. The van der Waals surface area contributed by atoms with Crippen LogP contribution in [0.15, 0.2) is 23.1 Å². The normalized spacial score (nSPS) is 17.0. The Morgan fingerprint density at radius 3 is 2.46 bits per heavy atom. The van der Waals surface area contributed by atoms with Crippen molar-refractivity contribution >= 4 is 27.4 Å². The fourth-order valence-corrected chi connectivity index (χ4v) is 4.15. The smallest absolute Gasteiger partial charge is 0.326 e. The number of hydrogen-bond acceptors (Lipinski definition) is 7. The molecule has 26 heavy (non-hydrogen) atoms. The number of sulfonamides is 1. The summed E-state index contributed by atoms with van der Waals surface area (Å²) in [6.45, 7) is 4.04. The molecule has 0 radical (unpaired) electrons. The maximum absolute atomic E-state index is 13.0. The lowest BCUT2D eigenvalue weighted by atomic mass is 10.0. The van der Waals surface area contributed by atoms with Crippen LogP contribution < -0.4 is 5.32 Å². The zero-order chi connectivity index (χ0) is 19.5. The number of carbonyl (C=O) groups is 1. The number of nitro groups is 1. The van der Waals surface area contributed by atoms with Gasteiger partial charge >= 0.3 is 5.97 Å². The Morgan fingerprint density at radius 1 is 1.35 bits per heavy atom. The summed E-state index contributed by atoms with van der Waals surface area (Å²) < 4.78 is 32.2. The van der Waals surface area contributed by atoms with E-state index in [1.165, 1.54) is 10.4 Å². The summed E-state index contributed by atoms with van der Waals surface area (Å²) >= 11 is 0. The van der Waals surface area contributed by atoms with Gasteiger partial charge in [-0.3, -0.25) is 10.1 Å². The van der Waals surface area contributed by atoms with Gasteiger partial charge in [-0.2, -0.15) is 4.31 Å². The van der Waals surface area contributed by atoms with Gasteiger partial charge in [-0.15, -0.1) is 0 Å². The number of benzene rings is 1. The number of ether oxygens (including phenoxy) is 1. The number of rotatable bonds is 7. The van der Waals surface area contributed by atoms with Gasteiger partial charge in [-0.1, -0.05) is 13.8 Å². The third-order valence-electron chi connectivity index (χ3n) is 4.01. The molecule has 1 atom stereocenters. The minimum Gasteiger partial charge on any atom is -0.480 e. The van der Waals surface area contributed by atoms with Crippen LogP contribution in [-0.4, -0.2) is 61.1 Å². The van der Waals surface area contributed by atoms with Gasteiger partial charge in [-0.05, 0) is 12.0 Å². The summed E-state index contributed by atoms with van der Waals surface area (Å²) in [5, 5.41) is 23.1. The van der Waals surface area contributed by atoms with E-state index in [1.54, 1.807) is 13.8 Å². The first kappa shape index (κ1) is 20.1. The van der Waals surface area contributed by atoms with Gasteiger partial charge in [0.25, 0.3) is 5.69 Å². The van der Waals surface area contributed by atoms with Crippen LogP contribution in [0.25, 0.3) is 0 Å². The molecule has 1 aliphatic rings. The lowest BCUT2D eigenvalue weighted by Gasteiger charge is -2.28. The molecule has 11 heteroatoms. The van der Waals surface area contributed by atoms with Gasteiger partial charge in [-0.25, -0.2) is 13.2 Å². The molecule has 0 bridgehead atoms. The molecule has 0 saturated carbocycles. The van der Waals surface area contributed by atoms with Crippen molar-refractivity contribution in [3.05, 3.63) is 28.3 Å². The van der Waals surface area contributed by atoms with Crippen LogP contribution in [0, 0.1) is 16.0 Å². The van der Waals surface area contributed by atoms with E-state index in [9.17, 15) is 28.4 Å². The van der Waals surface area contributed by atoms with Crippen molar-refractivity contribution in [3.63, 3.8) is 0 Å². The fraction of sp³-hybridized carbons (Fsp3) is 0.533. The average Bonchev–Trinajstić information content (AvgIpc) is 2.59. The van der Waals surface area contributed by atoms with E-state index >= 15 is 0 Å². The molecule has 0 aliphatic carbocycles. The first-order valence-electron chi connectivity index (χ1n) is 8.00. The summed E-state index contributed by atoms with van der Waals surface area (Å²) in [6.07, 6.45) is 0. The first-order valence-corrected chi connectivity index (χ1v) is 9.44. The molecule has 1 fully saturated rings. The molecule has 0 unspecified atom stereocenters. The number of carboxylic acids is 1. The van der Waals surface area contributed by atoms with Gasteiger partial charge in [0, 0.05) is 25.2 Å². The van der Waals surface area contributed by atoms with E-state index in [1.807, 2.05) is 0 Å². The van der Waals surface area contributed by atoms with Crippen LogP contribution in [-0.2, 0) is 19.6 Å². The predicted octanol–water partition coefficient (Wildman–Crippen LogP) is 1.14. The Hall–Kier alpha value is -2.24. The van der Waals surface area contributed by atoms with Crippen molar-refractivity contribution in [2.24, 2.45) is 5.92 Å². The van der Waals surface area contributed by atoms with Crippen molar-refractivity contribution < 1.29 is 28.0 Å². The Morgan fingerprint density at radius 2 is 1.96 bits per heavy atom. The second-order valence-corrected chi connectivity index (χ2v) is 8.06. The highest BCUT2D eigenvalue weighted by Gasteiger charge is 2.32. The van der Waals surface area contributed by atoms with E-state index < -0.39 is 27.0 Å². The zero-order valence-corrected chi connectivity index (χ0v) is 15.2. The number of anilines is 1. The standard InChI is InChI=1S/C15H21N3O7S/c1-10(2)14(15(19)20)16-12-4-3-11(18(21)22)9-13(12)26(23,24)17-5-7-25-8-6-17/h3-4,9-10,14,16H,5-8H2,1-2H3,(H,19,20)/t14-/m1/s1. The molecule has 0 amide bonds. The van der Waals surface area contributed by atoms with Crippen molar-refractivity contribution in [2.75, 3.05) is 31.6 Å². The SMILES string of the molecule is CC(C)[C@@H](Nc1ccc([N+](=O)[O-])cc1S(=O)(=O)N1CCOCC1)C(=O)O. The van der Waals surface area contributed by atoms with Crippen LogP contribution in [0.1, 0.15) is 13.8 Å². The second kappa shape index (κ2) is 7.98. The number of non-ortho nitro benzene ring substituents is 1. The lowest BCUT2D eigenvalue weighted by Crippen LogP contribution is -2.41. The number of nitrogens with zero attached hydrogens (tertiary/aromatic N) is 2. The highest BCUT2D eigenvalue weighted by atomic mass is 32.2. The number of hydrogen-bond donors (Lipinski definition) is 2. The van der Waals surface area contributed by atoms with Crippen molar-refractivity contribution in [3.8, 4) is 0 Å². The molecule has 144 valence electrons. The monoisotopic (exact) mass is 387 g/mol. The third kappa shape index (κ3) is 4.29. The Balaban J connectivity index is 2.51. The quantitative estimate of drug-likeness (QED) is 0.524. The van der Waals surface area contributed by atoms with Crippen LogP contribution in [0.5, 0.6) is 0 Å². The van der Waals surface area contributed by atoms with Gasteiger partial charge in [0.2, 0.25) is 10.0 Å². The summed E-state index contributed by atoms with van der Waals surface area (Å²) in [4.78, 5) is 21.5. The number of nitrogens with one attached hydrogen (secondary N) is 1. The Kier molecular flexibility index (Phi) is 6.16. The molecule has 2 rings (SSSR count). The van der Waals surface area contributed by atoms with Crippen LogP contribution in [0.4, 0.5) is 11.4 Å². The van der Waals surface area contributed by atoms with E-state index in [0.29, 0.717) is 0 Å². The Labute approximate surface area is 151 Å². The predicted molar refractivity (Wildman–Crippen MR) is 92.6 cm³/mol. The number of nitro benzene ring substituents is 1. The molecule has 0 aromatic heterocycles. The van der Waals surface area contributed by atoms with E-state index in [4.69, 9.17) is 4.74 Å². The number of morpholine rings is 1. The van der Waals surface area contributed by atoms with Crippen LogP contribution in [0.2, 0.25) is 0 Å². The average molecular weight is 387 g/mol. The van der Waals surface area contributed by atoms with Crippen LogP contribution in [0.3, 0.4) is 0 Å². The first-order chi connectivity index (χ1) is 12.1. The van der Waals surface area contributed by atoms with E-state index in [-0.39, 0.29) is 48.5 Å². The van der Waals surface area contributed by atoms with Gasteiger partial charge in [0.15, 0.2) is 0 Å². The molecule has 0 spiro atoms. The maximum Gasteiger partial charge on any atom is 0.326 e. The van der Waals surface area contributed by atoms with Crippen molar-refractivity contribution in [2.45, 2.75) is 24.8 Å². The molecular formula is C15H21N3O7S. The molecule has 1 saturated heterocycles. The molecule has 10 nitrogen and oxygen atoms in total. The molecule has 1 heterocycles. The zero-order valence-electron chi connectivity index (χ0n) is 14.4. The molecule has 1 aromatic rings. The minimum absolute atomic E-state index is 0.0168. The third-order valence-corrected chi connectivity index (χ3v) is 5.95. The molecule has 1 aliphatic heterocycles. The minimum atomic E-state index is -4.05. The second-order valence-electron chi connectivity index (χ2n) is 6.16. The highest BCUT2D eigenvalue weighted by molar-refractivity contribution is 7.89. The molecule has 2 N–H and O–H groups in total. The summed E-state index contributed by atoms with van der Waals surface area (Å²) in [5.41, 5.74) is -0.373. The van der Waals surface area contributed by atoms with E-state index in [0.717, 1.165) is 12.1 Å². The fourth-order valence-electron chi connectivity index (χ4n) is 2.56. The largest absolute Gasteiger partial charge is 0.480 e. The highest BCUT2D eigenvalue weighted by Crippen LogP contribution is 2.30. The maximum atomic E-state index is 13.0.